The first-order valence-corrected chi connectivity index (χ1v) is 2.53. The van der Waals surface area contributed by atoms with Crippen LogP contribution >= 0.6 is 0 Å². The van der Waals surface area contributed by atoms with Crippen LogP contribution in [0.1, 0.15) is 19.8 Å². The number of unbranched alkanes of at least 4 members (excludes halogenated alkanes) is 1. The van der Waals surface area contributed by atoms with Crippen LogP contribution in [0, 0.1) is 0 Å². The van der Waals surface area contributed by atoms with Crippen LogP contribution in [0.5, 0.6) is 0 Å². The molecule has 0 amide bonds. The Hall–Kier alpha value is -0.0651. The van der Waals surface area contributed by atoms with Crippen molar-refractivity contribution in [2.24, 2.45) is 0 Å². The zero-order valence-electron chi connectivity index (χ0n) is 4.57. The van der Waals surface area contributed by atoms with Gasteiger partial charge in [-0.15, -0.1) is 0 Å². The van der Waals surface area contributed by atoms with Crippen molar-refractivity contribution in [1.29, 1.82) is 0 Å². The number of hydrogen-bond acceptors (Lipinski definition) is 0. The third kappa shape index (κ3) is 3.93. The van der Waals surface area contributed by atoms with Crippen LogP contribution in [0.25, 0.3) is 0 Å². The molecule has 0 aromatic heterocycles. The maximum atomic E-state index is 2.18. The Morgan fingerprint density at radius 3 is 2.50 bits per heavy atom. The van der Waals surface area contributed by atoms with Gasteiger partial charge in [0.1, 0.15) is 0 Å². The standard InChI is InChI=1S/C5H11B/c1-3-4-5-6-2/h5H,3-4H2,1-2H3. The summed E-state index contributed by atoms with van der Waals surface area (Å²) >= 11 is 0. The molecule has 34 valence electrons. The van der Waals surface area contributed by atoms with E-state index in [0.29, 0.717) is 0 Å². The summed E-state index contributed by atoms with van der Waals surface area (Å²) in [4.78, 5) is 0. The van der Waals surface area contributed by atoms with Crippen molar-refractivity contribution in [2.75, 3.05) is 0 Å². The maximum absolute atomic E-state index is 2.18. The zero-order chi connectivity index (χ0) is 4.83. The van der Waals surface area contributed by atoms with E-state index in [1.807, 2.05) is 0 Å². The van der Waals surface area contributed by atoms with Gasteiger partial charge < -0.3 is 0 Å². The Bertz CT molecular complexity index is 39.2. The molecule has 0 aliphatic carbocycles. The fourth-order valence-electron chi connectivity index (χ4n) is 0.333. The van der Waals surface area contributed by atoms with Crippen LogP contribution in [0.2, 0.25) is 6.82 Å². The second-order valence-electron chi connectivity index (χ2n) is 1.36. The van der Waals surface area contributed by atoms with Crippen molar-refractivity contribution in [1.82, 2.24) is 0 Å². The van der Waals surface area contributed by atoms with Gasteiger partial charge in [-0.05, 0) is 0 Å². The van der Waals surface area contributed by atoms with Gasteiger partial charge >= 0.3 is 39.5 Å². The summed E-state index contributed by atoms with van der Waals surface area (Å²) in [6, 6.07) is 0. The van der Waals surface area contributed by atoms with Crippen molar-refractivity contribution in [2.45, 2.75) is 26.6 Å². The average molecular weight is 82.0 g/mol. The molecule has 0 aliphatic heterocycles. The fourth-order valence-corrected chi connectivity index (χ4v) is 0.333. The topological polar surface area (TPSA) is 0 Å². The van der Waals surface area contributed by atoms with E-state index >= 15 is 0 Å². The number of rotatable bonds is 2. The quantitative estimate of drug-likeness (QED) is 0.441. The van der Waals surface area contributed by atoms with Gasteiger partial charge in [-0.2, -0.15) is 0 Å². The van der Waals surface area contributed by atoms with E-state index in [1.165, 1.54) is 12.8 Å². The molecule has 0 atom stereocenters. The fraction of sp³-hybridized carbons (Fsp3) is 0.800. The van der Waals surface area contributed by atoms with E-state index < -0.39 is 0 Å². The predicted octanol–water partition coefficient (Wildman–Crippen LogP) is 1.34. The summed E-state index contributed by atoms with van der Waals surface area (Å²) in [6.45, 7) is 6.32. The molecule has 1 heteroatoms. The Morgan fingerprint density at radius 2 is 2.33 bits per heavy atom. The molecular weight excluding hydrogens is 70.9 g/mol. The molecule has 0 saturated heterocycles. The number of hydrogen-bond donors (Lipinski definition) is 0. The van der Waals surface area contributed by atoms with Crippen LogP contribution in [-0.4, -0.2) is 12.9 Å². The summed E-state index contributed by atoms with van der Waals surface area (Å²) in [5, 5.41) is 0. The van der Waals surface area contributed by atoms with Crippen LogP contribution < -0.4 is 0 Å². The molecule has 0 aromatic rings. The van der Waals surface area contributed by atoms with Crippen molar-refractivity contribution in [3.05, 3.63) is 0 Å². The molecule has 6 heavy (non-hydrogen) atoms. The molecule has 0 bridgehead atoms. The summed E-state index contributed by atoms with van der Waals surface area (Å²) in [7, 11) is 0. The monoisotopic (exact) mass is 82.1 g/mol. The van der Waals surface area contributed by atoms with Crippen LogP contribution in [-0.2, 0) is 0 Å². The Balaban J connectivity index is 2.66. The van der Waals surface area contributed by atoms with E-state index in [4.69, 9.17) is 0 Å². The molecule has 0 rings (SSSR count). The van der Waals surface area contributed by atoms with Crippen LogP contribution in [0.3, 0.4) is 0 Å². The first-order valence-electron chi connectivity index (χ1n) is 2.53. The molecule has 0 fully saturated rings. The molecule has 0 nitrogen and oxygen atoms in total. The molecule has 0 N–H and O–H groups in total. The second kappa shape index (κ2) is 4.93. The summed E-state index contributed by atoms with van der Waals surface area (Å²) in [5.74, 6) is 2.18. The van der Waals surface area contributed by atoms with E-state index in [0.717, 1.165) is 0 Å². The van der Waals surface area contributed by atoms with Crippen molar-refractivity contribution in [3.63, 3.8) is 0 Å². The molecule has 0 heterocycles. The van der Waals surface area contributed by atoms with Gasteiger partial charge in [0.2, 0.25) is 0 Å². The van der Waals surface area contributed by atoms with Crippen LogP contribution in [0.15, 0.2) is 0 Å². The van der Waals surface area contributed by atoms with E-state index in [9.17, 15) is 0 Å². The first-order chi connectivity index (χ1) is 2.91. The molecule has 0 saturated carbocycles. The summed E-state index contributed by atoms with van der Waals surface area (Å²) < 4.78 is 0. The van der Waals surface area contributed by atoms with Gasteiger partial charge in [0.25, 0.3) is 0 Å². The molecule has 0 spiro atoms. The van der Waals surface area contributed by atoms with Crippen molar-refractivity contribution >= 4 is 12.9 Å². The normalized spacial score (nSPS) is 9.00. The predicted molar refractivity (Wildman–Crippen MR) is 32.6 cm³/mol. The minimum atomic E-state index is 1.23. The van der Waals surface area contributed by atoms with Crippen LogP contribution in [0.4, 0.5) is 0 Å². The van der Waals surface area contributed by atoms with Crippen molar-refractivity contribution < 1.29 is 0 Å². The molecule has 0 unspecified atom stereocenters. The summed E-state index contributed by atoms with van der Waals surface area (Å²) in [6.07, 6.45) is 2.50. The Labute approximate surface area is 40.5 Å². The summed E-state index contributed by atoms with van der Waals surface area (Å²) in [5.41, 5.74) is 0. The Kier molecular flexibility index (Phi) is 4.88. The van der Waals surface area contributed by atoms with E-state index in [-0.39, 0.29) is 0 Å². The third-order valence-corrected chi connectivity index (χ3v) is 0.691. The SMILES string of the molecule is CB=CCCC. The average Bonchev–Trinajstić information content (AvgIpc) is 1.61. The van der Waals surface area contributed by atoms with Gasteiger partial charge in [-0.25, -0.2) is 0 Å². The minimum absolute atomic E-state index is 1.23. The van der Waals surface area contributed by atoms with Gasteiger partial charge in [0.15, 0.2) is 0 Å². The van der Waals surface area contributed by atoms with E-state index in [1.54, 1.807) is 0 Å². The Morgan fingerprint density at radius 1 is 1.67 bits per heavy atom. The molecule has 0 aromatic carbocycles. The molecule has 0 radical (unpaired) electrons. The molecule has 0 aliphatic rings. The van der Waals surface area contributed by atoms with Gasteiger partial charge in [0, 0.05) is 0 Å². The van der Waals surface area contributed by atoms with Crippen molar-refractivity contribution in [3.8, 4) is 0 Å². The van der Waals surface area contributed by atoms with Gasteiger partial charge in [-0.1, -0.05) is 0 Å². The van der Waals surface area contributed by atoms with Gasteiger partial charge in [-0.3, -0.25) is 0 Å². The second-order valence-corrected chi connectivity index (χ2v) is 1.36. The van der Waals surface area contributed by atoms with Gasteiger partial charge in [0.05, 0.1) is 0 Å². The zero-order valence-corrected chi connectivity index (χ0v) is 4.57. The third-order valence-electron chi connectivity index (χ3n) is 0.691. The molecular formula is C5H11B. The first kappa shape index (κ1) is 5.93. The van der Waals surface area contributed by atoms with E-state index in [2.05, 4.69) is 26.6 Å².